The molecule has 386 valence electrons. The van der Waals surface area contributed by atoms with Gasteiger partial charge in [0.2, 0.25) is 0 Å². The summed E-state index contributed by atoms with van der Waals surface area (Å²) in [5.74, 6) is -98.5. The Bertz CT molecular complexity index is 3580. The molecule has 0 bridgehead atoms. The Labute approximate surface area is 383 Å². The molecule has 0 radical (unpaired) electrons. The van der Waals surface area contributed by atoms with Crippen LogP contribution in [0.2, 0.25) is 0 Å². The van der Waals surface area contributed by atoms with E-state index < -0.39 is 252 Å². The van der Waals surface area contributed by atoms with E-state index in [0.29, 0.717) is 0 Å². The average molecular weight is 1100 g/mol. The normalized spacial score (nSPS) is 11.9. The minimum absolute atomic E-state index is 2.47. The van der Waals surface area contributed by atoms with E-state index in [9.17, 15) is 43.9 Å². The fraction of sp³-hybridized carbons (Fsp3) is 0. The molecule has 8 aromatic rings. The minimum atomic E-state index is -3.56. The maximum atomic E-state index is 15.6. The lowest BCUT2D eigenvalue weighted by molar-refractivity contribution is 0.412. The summed E-state index contributed by atoms with van der Waals surface area (Å²) in [7, 11) is 0. The second kappa shape index (κ2) is 17.4. The summed E-state index contributed by atoms with van der Waals surface area (Å²) in [6, 6.07) is 0. The molecule has 0 saturated heterocycles. The Morgan fingerprint density at radius 3 is 0.297 bits per heavy atom. The van der Waals surface area contributed by atoms with Crippen LogP contribution in [0.25, 0.3) is 77.2 Å². The van der Waals surface area contributed by atoms with Crippen LogP contribution in [0, 0.1) is 175 Å². The molecule has 8 rings (SSSR count). The summed E-state index contributed by atoms with van der Waals surface area (Å²) in [6.45, 7) is 0. The number of fused-ring (bicyclic) bond motifs is 2. The van der Waals surface area contributed by atoms with Gasteiger partial charge in [-0.2, -0.15) is 0 Å². The first-order valence-electron chi connectivity index (χ1n) is 18.4. The van der Waals surface area contributed by atoms with Gasteiger partial charge in [0.15, 0.2) is 163 Å². The van der Waals surface area contributed by atoms with Crippen molar-refractivity contribution >= 4 is 21.5 Å². The number of hydrogen-bond donors (Lipinski definition) is 0. The highest BCUT2D eigenvalue weighted by atomic mass is 19.2. The third kappa shape index (κ3) is 6.66. The fourth-order valence-electron chi connectivity index (χ4n) is 7.69. The second-order valence-corrected chi connectivity index (χ2v) is 14.7. The number of benzene rings is 8. The van der Waals surface area contributed by atoms with Gasteiger partial charge in [0.1, 0.15) is 11.6 Å². The van der Waals surface area contributed by atoms with E-state index in [1.54, 1.807) is 0 Å². The first-order valence-corrected chi connectivity index (χ1v) is 18.4. The molecule has 0 aliphatic rings. The van der Waals surface area contributed by atoms with Crippen LogP contribution in [-0.4, -0.2) is 0 Å². The van der Waals surface area contributed by atoms with Gasteiger partial charge in [-0.05, 0) is 0 Å². The van der Waals surface area contributed by atoms with Gasteiger partial charge in [0, 0.05) is 0 Å². The smallest absolute Gasteiger partial charge is 0.198 e. The Hall–Kier alpha value is -7.82. The molecule has 0 fully saturated rings. The predicted molar refractivity (Wildman–Crippen MR) is 187 cm³/mol. The Balaban J connectivity index is 1.32. The third-order valence-corrected chi connectivity index (χ3v) is 11.0. The Morgan fingerprint density at radius 1 is 0.0811 bits per heavy atom. The van der Waals surface area contributed by atoms with E-state index in [0.717, 1.165) is 0 Å². The molecule has 0 N–H and O–H groups in total. The molecule has 0 heterocycles. The van der Waals surface area contributed by atoms with Crippen molar-refractivity contribution < 1.29 is 132 Å². The van der Waals surface area contributed by atoms with Crippen molar-refractivity contribution in [3.05, 3.63) is 175 Å². The van der Waals surface area contributed by atoms with Crippen LogP contribution in [0.4, 0.5) is 132 Å². The molecule has 0 spiro atoms. The molecular formula is C44F30. The van der Waals surface area contributed by atoms with E-state index in [2.05, 4.69) is 0 Å². The SMILES string of the molecule is Fc1c(F)c(-c2c(F)c(F)c(-c3c(F)c(F)c4c(F)c(F)c(F)c(F)c4c3F)c(F)c2F)c(F)c(F)c1-c1c(F)c(F)c(-c2c(F)c(F)c(-c3c(F)c(F)c4c(F)c(F)c(F)c(F)c4c3F)c(F)c2F)c(F)c1F. The minimum Gasteiger partial charge on any atom is -0.205 e. The van der Waals surface area contributed by atoms with Crippen molar-refractivity contribution in [1.29, 1.82) is 0 Å². The lowest BCUT2D eigenvalue weighted by Gasteiger charge is -2.19. The number of rotatable bonds is 5. The van der Waals surface area contributed by atoms with Crippen LogP contribution >= 0.6 is 0 Å². The molecule has 30 heteroatoms. The summed E-state index contributed by atoms with van der Waals surface area (Å²) in [5, 5.41) is -10.0. The maximum Gasteiger partial charge on any atom is 0.198 e. The summed E-state index contributed by atoms with van der Waals surface area (Å²) in [5.41, 5.74) is -30.5. The van der Waals surface area contributed by atoms with E-state index in [-0.39, 0.29) is 0 Å². The van der Waals surface area contributed by atoms with Gasteiger partial charge < -0.3 is 0 Å². The first kappa shape index (κ1) is 52.5. The van der Waals surface area contributed by atoms with E-state index in [4.69, 9.17) is 0 Å². The van der Waals surface area contributed by atoms with E-state index >= 15 is 87.8 Å². The third-order valence-electron chi connectivity index (χ3n) is 11.0. The largest absolute Gasteiger partial charge is 0.205 e. The zero-order chi connectivity index (χ0) is 55.4. The molecule has 0 atom stereocenters. The molecule has 0 nitrogen and oxygen atoms in total. The lowest BCUT2D eigenvalue weighted by atomic mass is 9.90. The fourth-order valence-corrected chi connectivity index (χ4v) is 7.69. The van der Waals surface area contributed by atoms with Crippen molar-refractivity contribution in [3.8, 4) is 55.6 Å². The zero-order valence-corrected chi connectivity index (χ0v) is 33.3. The molecule has 8 aromatic carbocycles. The van der Waals surface area contributed by atoms with Crippen LogP contribution in [0.3, 0.4) is 0 Å². The maximum absolute atomic E-state index is 15.6. The summed E-state index contributed by atoms with van der Waals surface area (Å²) in [6.07, 6.45) is 0. The summed E-state index contributed by atoms with van der Waals surface area (Å²) >= 11 is 0. The van der Waals surface area contributed by atoms with Crippen molar-refractivity contribution in [2.24, 2.45) is 0 Å². The standard InChI is InChI=1S/C44F30/c45-15-1(17(47)23(53)7-3(15)37(67)41(71)43(73)39(7)69)5-19(49)25(55)9(26(56)20(5)50)11-29(59)33(63)13(34(64)30(11)60)14-35(65)31(61)12(32(62)36(14)66)10-27(57)21(51)6(22(52)28(10)58)2-16(46)4-8(24(54)18(2)48)40(70)44(74)42(72)38(4)68. The highest BCUT2D eigenvalue weighted by Crippen LogP contribution is 2.49. The Morgan fingerprint density at radius 2 is 0.162 bits per heavy atom. The second-order valence-electron chi connectivity index (χ2n) is 14.7. The van der Waals surface area contributed by atoms with Crippen molar-refractivity contribution in [2.45, 2.75) is 0 Å². The van der Waals surface area contributed by atoms with Gasteiger partial charge in [-0.25, -0.2) is 132 Å². The summed E-state index contributed by atoms with van der Waals surface area (Å²) < 4.78 is 452. The van der Waals surface area contributed by atoms with Gasteiger partial charge >= 0.3 is 0 Å². The molecule has 74 heavy (non-hydrogen) atoms. The highest BCUT2D eigenvalue weighted by molar-refractivity contribution is 5.93. The molecular weight excluding hydrogens is 1100 g/mol. The first-order chi connectivity index (χ1) is 34.3. The van der Waals surface area contributed by atoms with Gasteiger partial charge in [0.05, 0.1) is 77.2 Å². The molecule has 0 aromatic heterocycles. The zero-order valence-electron chi connectivity index (χ0n) is 33.3. The monoisotopic (exact) mass is 1100 g/mol. The van der Waals surface area contributed by atoms with Crippen molar-refractivity contribution in [3.63, 3.8) is 0 Å². The summed E-state index contributed by atoms with van der Waals surface area (Å²) in [4.78, 5) is 0. The van der Waals surface area contributed by atoms with Crippen LogP contribution in [0.15, 0.2) is 0 Å². The predicted octanol–water partition coefficient (Wildman–Crippen LogP) is 16.5. The lowest BCUT2D eigenvalue weighted by Crippen LogP contribution is -2.13. The van der Waals surface area contributed by atoms with E-state index in [1.165, 1.54) is 0 Å². The van der Waals surface area contributed by atoms with Crippen LogP contribution in [-0.2, 0) is 0 Å². The molecule has 0 amide bonds. The van der Waals surface area contributed by atoms with Gasteiger partial charge in [-0.15, -0.1) is 0 Å². The quantitative estimate of drug-likeness (QED) is 0.0915. The van der Waals surface area contributed by atoms with Crippen molar-refractivity contribution in [1.82, 2.24) is 0 Å². The van der Waals surface area contributed by atoms with Gasteiger partial charge in [-0.1, -0.05) is 0 Å². The van der Waals surface area contributed by atoms with Crippen LogP contribution in [0.1, 0.15) is 0 Å². The molecule has 0 unspecified atom stereocenters. The van der Waals surface area contributed by atoms with E-state index in [1.807, 2.05) is 0 Å². The number of halogens is 30. The highest BCUT2D eigenvalue weighted by Gasteiger charge is 2.43. The topological polar surface area (TPSA) is 0 Å². The average Bonchev–Trinajstić information content (AvgIpc) is 3.35. The van der Waals surface area contributed by atoms with Gasteiger partial charge in [-0.3, -0.25) is 0 Å². The molecule has 0 aliphatic heterocycles. The number of hydrogen-bond acceptors (Lipinski definition) is 0. The van der Waals surface area contributed by atoms with Crippen LogP contribution in [0.5, 0.6) is 0 Å². The molecule has 0 saturated carbocycles. The van der Waals surface area contributed by atoms with Gasteiger partial charge in [0.25, 0.3) is 0 Å². The van der Waals surface area contributed by atoms with Crippen molar-refractivity contribution in [2.75, 3.05) is 0 Å². The Kier molecular flexibility index (Phi) is 12.4. The molecule has 0 aliphatic carbocycles. The van der Waals surface area contributed by atoms with Crippen LogP contribution < -0.4 is 0 Å².